The molecule has 0 radical (unpaired) electrons. The molecule has 0 amide bonds. The summed E-state index contributed by atoms with van der Waals surface area (Å²) in [7, 11) is 0. The maximum Gasteiger partial charge on any atom is 0.270 e. The number of anilines is 3. The van der Waals surface area contributed by atoms with Gasteiger partial charge in [-0.1, -0.05) is 49.0 Å². The van der Waals surface area contributed by atoms with E-state index in [1.807, 2.05) is 43.0 Å². The summed E-state index contributed by atoms with van der Waals surface area (Å²) in [5.74, 6) is -1.56. The van der Waals surface area contributed by atoms with Crippen LogP contribution in [-0.2, 0) is 12.3 Å². The van der Waals surface area contributed by atoms with E-state index in [9.17, 15) is 8.78 Å². The Morgan fingerprint density at radius 1 is 1.07 bits per heavy atom. The van der Waals surface area contributed by atoms with Crippen molar-refractivity contribution >= 4 is 17.5 Å². The summed E-state index contributed by atoms with van der Waals surface area (Å²) in [6, 6.07) is 14.4. The van der Waals surface area contributed by atoms with E-state index in [1.165, 1.54) is 12.1 Å². The molecule has 0 atom stereocenters. The SMILES string of the molecule is C=CN(c1ccccc1C)c1nc(NCCc2ccc(C(C)(F)F)cc2)ncc1C. The molecule has 1 heterocycles. The molecule has 0 saturated carbocycles. The Morgan fingerprint density at radius 3 is 2.40 bits per heavy atom. The van der Waals surface area contributed by atoms with Crippen molar-refractivity contribution in [3.8, 4) is 0 Å². The lowest BCUT2D eigenvalue weighted by atomic mass is 10.1. The Morgan fingerprint density at radius 2 is 1.77 bits per heavy atom. The normalized spacial score (nSPS) is 11.2. The van der Waals surface area contributed by atoms with Crippen LogP contribution in [0.1, 0.15) is 29.2 Å². The third kappa shape index (κ3) is 5.00. The first-order valence-corrected chi connectivity index (χ1v) is 9.82. The molecule has 1 N–H and O–H groups in total. The fraction of sp³-hybridized carbons (Fsp3) is 0.250. The van der Waals surface area contributed by atoms with Crippen LogP contribution in [0, 0.1) is 13.8 Å². The van der Waals surface area contributed by atoms with Gasteiger partial charge in [0.1, 0.15) is 5.82 Å². The van der Waals surface area contributed by atoms with Gasteiger partial charge in [0, 0.05) is 42.7 Å². The number of hydrogen-bond donors (Lipinski definition) is 1. The summed E-state index contributed by atoms with van der Waals surface area (Å²) in [6.45, 7) is 9.43. The number of alkyl halides is 2. The highest BCUT2D eigenvalue weighted by Gasteiger charge is 2.23. The molecule has 156 valence electrons. The van der Waals surface area contributed by atoms with Gasteiger partial charge in [-0.2, -0.15) is 4.98 Å². The molecule has 30 heavy (non-hydrogen) atoms. The third-order valence-corrected chi connectivity index (χ3v) is 4.89. The van der Waals surface area contributed by atoms with E-state index < -0.39 is 5.92 Å². The number of nitrogens with zero attached hydrogens (tertiary/aromatic N) is 3. The van der Waals surface area contributed by atoms with Gasteiger partial charge >= 0.3 is 0 Å². The van der Waals surface area contributed by atoms with Crippen LogP contribution in [-0.4, -0.2) is 16.5 Å². The minimum Gasteiger partial charge on any atom is -0.354 e. The number of para-hydroxylation sites is 1. The van der Waals surface area contributed by atoms with Gasteiger partial charge in [0.2, 0.25) is 5.95 Å². The van der Waals surface area contributed by atoms with E-state index in [4.69, 9.17) is 0 Å². The average molecular weight is 408 g/mol. The molecule has 1 aromatic heterocycles. The molecule has 3 rings (SSSR count). The van der Waals surface area contributed by atoms with Crippen molar-refractivity contribution < 1.29 is 8.78 Å². The van der Waals surface area contributed by atoms with E-state index >= 15 is 0 Å². The van der Waals surface area contributed by atoms with Crippen molar-refractivity contribution in [2.45, 2.75) is 33.1 Å². The number of rotatable bonds is 8. The molecular weight excluding hydrogens is 382 g/mol. The largest absolute Gasteiger partial charge is 0.354 e. The van der Waals surface area contributed by atoms with Crippen molar-refractivity contribution in [1.82, 2.24) is 9.97 Å². The topological polar surface area (TPSA) is 41.1 Å². The fourth-order valence-corrected chi connectivity index (χ4v) is 3.18. The van der Waals surface area contributed by atoms with Crippen molar-refractivity contribution in [3.63, 3.8) is 0 Å². The van der Waals surface area contributed by atoms with Gasteiger partial charge in [-0.05, 0) is 37.5 Å². The van der Waals surface area contributed by atoms with Crippen LogP contribution in [0.4, 0.5) is 26.2 Å². The quantitative estimate of drug-likeness (QED) is 0.486. The third-order valence-electron chi connectivity index (χ3n) is 4.89. The Bertz CT molecular complexity index is 1010. The number of nitrogens with one attached hydrogen (secondary N) is 1. The second-order valence-corrected chi connectivity index (χ2v) is 7.30. The first-order chi connectivity index (χ1) is 14.3. The fourth-order valence-electron chi connectivity index (χ4n) is 3.18. The molecule has 6 heteroatoms. The maximum atomic E-state index is 13.3. The Kier molecular flexibility index (Phi) is 6.45. The van der Waals surface area contributed by atoms with E-state index in [-0.39, 0.29) is 5.56 Å². The first kappa shape index (κ1) is 21.4. The van der Waals surface area contributed by atoms with Crippen LogP contribution < -0.4 is 10.2 Å². The van der Waals surface area contributed by atoms with Gasteiger partial charge < -0.3 is 10.2 Å². The molecule has 0 fully saturated rings. The average Bonchev–Trinajstić information content (AvgIpc) is 2.72. The van der Waals surface area contributed by atoms with Crippen LogP contribution >= 0.6 is 0 Å². The maximum absolute atomic E-state index is 13.3. The van der Waals surface area contributed by atoms with Gasteiger partial charge in [-0.15, -0.1) is 0 Å². The number of aryl methyl sites for hydroxylation is 2. The molecular formula is C24H26F2N4. The smallest absolute Gasteiger partial charge is 0.270 e. The number of hydrogen-bond acceptors (Lipinski definition) is 4. The van der Waals surface area contributed by atoms with Crippen LogP contribution in [0.2, 0.25) is 0 Å². The van der Waals surface area contributed by atoms with Gasteiger partial charge in [0.15, 0.2) is 0 Å². The Balaban J connectivity index is 1.71. The molecule has 4 nitrogen and oxygen atoms in total. The van der Waals surface area contributed by atoms with Crippen molar-refractivity contribution in [3.05, 3.63) is 89.8 Å². The van der Waals surface area contributed by atoms with Gasteiger partial charge in [-0.3, -0.25) is 0 Å². The summed E-state index contributed by atoms with van der Waals surface area (Å²) in [6.07, 6.45) is 4.19. The van der Waals surface area contributed by atoms with Crippen molar-refractivity contribution in [2.75, 3.05) is 16.8 Å². The molecule has 3 aromatic rings. The van der Waals surface area contributed by atoms with E-state index in [2.05, 4.69) is 21.9 Å². The summed E-state index contributed by atoms with van der Waals surface area (Å²) < 4.78 is 26.7. The van der Waals surface area contributed by atoms with Crippen molar-refractivity contribution in [1.29, 1.82) is 0 Å². The lowest BCUT2D eigenvalue weighted by molar-refractivity contribution is 0.0174. The first-order valence-electron chi connectivity index (χ1n) is 9.82. The Labute approximate surface area is 176 Å². The lowest BCUT2D eigenvalue weighted by Crippen LogP contribution is -2.15. The Hall–Kier alpha value is -3.28. The minimum absolute atomic E-state index is 0.0199. The zero-order valence-corrected chi connectivity index (χ0v) is 17.5. The molecule has 0 aliphatic carbocycles. The molecule has 0 spiro atoms. The van der Waals surface area contributed by atoms with E-state index in [1.54, 1.807) is 24.5 Å². The highest BCUT2D eigenvalue weighted by Crippen LogP contribution is 2.30. The van der Waals surface area contributed by atoms with Crippen LogP contribution in [0.5, 0.6) is 0 Å². The molecule has 0 bridgehead atoms. The van der Waals surface area contributed by atoms with Crippen molar-refractivity contribution in [2.24, 2.45) is 0 Å². The van der Waals surface area contributed by atoms with E-state index in [0.29, 0.717) is 18.9 Å². The predicted octanol–water partition coefficient (Wildman–Crippen LogP) is 6.14. The van der Waals surface area contributed by atoms with Gasteiger partial charge in [-0.25, -0.2) is 13.8 Å². The minimum atomic E-state index is -2.82. The molecule has 0 aliphatic heterocycles. The second-order valence-electron chi connectivity index (χ2n) is 7.30. The highest BCUT2D eigenvalue weighted by atomic mass is 19.3. The second kappa shape index (κ2) is 9.03. The predicted molar refractivity (Wildman–Crippen MR) is 118 cm³/mol. The van der Waals surface area contributed by atoms with Crippen LogP contribution in [0.25, 0.3) is 0 Å². The lowest BCUT2D eigenvalue weighted by Gasteiger charge is -2.23. The molecule has 0 unspecified atom stereocenters. The monoisotopic (exact) mass is 408 g/mol. The highest BCUT2D eigenvalue weighted by molar-refractivity contribution is 5.68. The number of halogens is 2. The van der Waals surface area contributed by atoms with Gasteiger partial charge in [0.05, 0.1) is 0 Å². The molecule has 2 aromatic carbocycles. The summed E-state index contributed by atoms with van der Waals surface area (Å²) in [4.78, 5) is 11.0. The van der Waals surface area contributed by atoms with Gasteiger partial charge in [0.25, 0.3) is 5.92 Å². The zero-order chi connectivity index (χ0) is 21.7. The van der Waals surface area contributed by atoms with Crippen LogP contribution in [0.15, 0.2) is 67.5 Å². The zero-order valence-electron chi connectivity index (χ0n) is 17.5. The summed E-state index contributed by atoms with van der Waals surface area (Å²) in [5, 5.41) is 3.22. The number of aromatic nitrogens is 2. The summed E-state index contributed by atoms with van der Waals surface area (Å²) >= 11 is 0. The van der Waals surface area contributed by atoms with Crippen LogP contribution in [0.3, 0.4) is 0 Å². The number of benzene rings is 2. The molecule has 0 saturated heterocycles. The standard InChI is InChI=1S/C24H26F2N4/c1-5-30(21-9-7-6-8-17(21)2)22-18(3)16-28-23(29-22)27-15-14-19-10-12-20(13-11-19)24(4,25)26/h5-13,16H,1,14-15H2,2-4H3,(H,27,28,29). The summed E-state index contributed by atoms with van der Waals surface area (Å²) in [5.41, 5.74) is 4.04. The van der Waals surface area contributed by atoms with E-state index in [0.717, 1.165) is 35.1 Å². The molecule has 0 aliphatic rings.